The Hall–Kier alpha value is -2.73. The van der Waals surface area contributed by atoms with Crippen molar-refractivity contribution in [2.75, 3.05) is 11.9 Å². The van der Waals surface area contributed by atoms with Gasteiger partial charge in [-0.1, -0.05) is 30.3 Å². The summed E-state index contributed by atoms with van der Waals surface area (Å²) in [6.45, 7) is 4.73. The van der Waals surface area contributed by atoms with Crippen LogP contribution in [0.2, 0.25) is 0 Å². The summed E-state index contributed by atoms with van der Waals surface area (Å²) >= 11 is 0. The number of hydrogen-bond donors (Lipinski definition) is 1. The molecule has 1 aliphatic rings. The zero-order valence-electron chi connectivity index (χ0n) is 15.1. The summed E-state index contributed by atoms with van der Waals surface area (Å²) in [5.41, 5.74) is 3.24. The van der Waals surface area contributed by atoms with Gasteiger partial charge in [-0.3, -0.25) is 4.98 Å². The van der Waals surface area contributed by atoms with Crippen LogP contribution in [0.4, 0.5) is 5.82 Å². The SMILES string of the molecule is Cc1cc(C)n(-c2cncc(NC3CCOC(c4ccccc4)C3)n2)n1. The zero-order chi connectivity index (χ0) is 17.9. The van der Waals surface area contributed by atoms with Crippen LogP contribution in [0.25, 0.3) is 5.82 Å². The summed E-state index contributed by atoms with van der Waals surface area (Å²) in [4.78, 5) is 9.03. The van der Waals surface area contributed by atoms with Crippen LogP contribution < -0.4 is 5.32 Å². The number of hydrogen-bond acceptors (Lipinski definition) is 5. The standard InChI is InChI=1S/C20H23N5O/c1-14-10-15(2)25(24-14)20-13-21-12-19(23-20)22-17-8-9-26-18(11-17)16-6-4-3-5-7-16/h3-7,10,12-13,17-18H,8-9,11H2,1-2H3,(H,22,23). The number of aryl methyl sites for hydroxylation is 2. The lowest BCUT2D eigenvalue weighted by atomic mass is 9.97. The highest BCUT2D eigenvalue weighted by molar-refractivity contribution is 5.38. The first-order valence-electron chi connectivity index (χ1n) is 8.98. The van der Waals surface area contributed by atoms with Crippen LogP contribution >= 0.6 is 0 Å². The molecule has 134 valence electrons. The summed E-state index contributed by atoms with van der Waals surface area (Å²) in [5.74, 6) is 1.50. The average molecular weight is 349 g/mol. The molecule has 1 saturated heterocycles. The number of benzene rings is 1. The van der Waals surface area contributed by atoms with Gasteiger partial charge in [0.1, 0.15) is 5.82 Å². The average Bonchev–Trinajstić information content (AvgIpc) is 3.01. The van der Waals surface area contributed by atoms with Gasteiger partial charge in [0.05, 0.1) is 24.2 Å². The van der Waals surface area contributed by atoms with E-state index in [1.165, 1.54) is 5.56 Å². The van der Waals surface area contributed by atoms with Crippen LogP contribution in [-0.2, 0) is 4.74 Å². The van der Waals surface area contributed by atoms with E-state index < -0.39 is 0 Å². The van der Waals surface area contributed by atoms with Gasteiger partial charge in [-0.2, -0.15) is 5.10 Å². The van der Waals surface area contributed by atoms with Crippen LogP contribution in [0.1, 0.15) is 35.9 Å². The van der Waals surface area contributed by atoms with Crippen LogP contribution in [0, 0.1) is 13.8 Å². The summed E-state index contributed by atoms with van der Waals surface area (Å²) in [6.07, 6.45) is 5.49. The van der Waals surface area contributed by atoms with E-state index in [1.54, 1.807) is 12.4 Å². The first-order chi connectivity index (χ1) is 12.7. The van der Waals surface area contributed by atoms with E-state index in [4.69, 9.17) is 9.72 Å². The van der Waals surface area contributed by atoms with Crippen LogP contribution in [0.3, 0.4) is 0 Å². The Morgan fingerprint density at radius 3 is 2.77 bits per heavy atom. The smallest absolute Gasteiger partial charge is 0.174 e. The number of ether oxygens (including phenoxy) is 1. The van der Waals surface area contributed by atoms with E-state index in [-0.39, 0.29) is 6.10 Å². The van der Waals surface area contributed by atoms with Crippen molar-refractivity contribution in [1.29, 1.82) is 0 Å². The first kappa shape index (κ1) is 16.7. The number of anilines is 1. The van der Waals surface area contributed by atoms with Gasteiger partial charge in [0.15, 0.2) is 5.82 Å². The maximum Gasteiger partial charge on any atom is 0.174 e. The van der Waals surface area contributed by atoms with Crippen molar-refractivity contribution in [1.82, 2.24) is 19.7 Å². The van der Waals surface area contributed by atoms with Crippen molar-refractivity contribution in [2.24, 2.45) is 0 Å². The molecule has 2 unspecified atom stereocenters. The summed E-state index contributed by atoms with van der Waals surface area (Å²) in [7, 11) is 0. The number of nitrogens with one attached hydrogen (secondary N) is 1. The summed E-state index contributed by atoms with van der Waals surface area (Å²) in [5, 5.41) is 8.01. The predicted molar refractivity (Wildman–Crippen MR) is 100 cm³/mol. The molecular weight excluding hydrogens is 326 g/mol. The van der Waals surface area contributed by atoms with Gasteiger partial charge in [-0.05, 0) is 38.3 Å². The fraction of sp³-hybridized carbons (Fsp3) is 0.350. The third kappa shape index (κ3) is 3.60. The molecule has 6 heteroatoms. The van der Waals surface area contributed by atoms with Crippen molar-refractivity contribution in [2.45, 2.75) is 38.8 Å². The normalized spacial score (nSPS) is 20.1. The van der Waals surface area contributed by atoms with Crippen molar-refractivity contribution in [3.05, 3.63) is 65.7 Å². The van der Waals surface area contributed by atoms with Crippen molar-refractivity contribution < 1.29 is 4.74 Å². The van der Waals surface area contributed by atoms with Crippen molar-refractivity contribution in [3.63, 3.8) is 0 Å². The number of nitrogens with zero attached hydrogens (tertiary/aromatic N) is 4. The predicted octanol–water partition coefficient (Wildman–Crippen LogP) is 3.61. The third-order valence-electron chi connectivity index (χ3n) is 4.66. The molecule has 0 amide bonds. The maximum absolute atomic E-state index is 5.95. The Bertz CT molecular complexity index is 877. The van der Waals surface area contributed by atoms with Crippen LogP contribution in [0.5, 0.6) is 0 Å². The fourth-order valence-corrected chi connectivity index (χ4v) is 3.43. The molecule has 4 rings (SSSR count). The molecule has 0 aliphatic carbocycles. The second kappa shape index (κ2) is 7.25. The highest BCUT2D eigenvalue weighted by Crippen LogP contribution is 2.29. The van der Waals surface area contributed by atoms with Gasteiger partial charge in [0.2, 0.25) is 0 Å². The van der Waals surface area contributed by atoms with Gasteiger partial charge in [0, 0.05) is 18.3 Å². The highest BCUT2D eigenvalue weighted by Gasteiger charge is 2.24. The lowest BCUT2D eigenvalue weighted by Crippen LogP contribution is -2.30. The van der Waals surface area contributed by atoms with Crippen LogP contribution in [0.15, 0.2) is 48.8 Å². The summed E-state index contributed by atoms with van der Waals surface area (Å²) < 4.78 is 7.78. The van der Waals surface area contributed by atoms with Gasteiger partial charge < -0.3 is 10.1 Å². The molecule has 1 fully saturated rings. The number of aromatic nitrogens is 4. The van der Waals surface area contributed by atoms with E-state index in [9.17, 15) is 0 Å². The minimum Gasteiger partial charge on any atom is -0.373 e. The minimum atomic E-state index is 0.120. The molecule has 1 aromatic carbocycles. The highest BCUT2D eigenvalue weighted by atomic mass is 16.5. The Kier molecular flexibility index (Phi) is 4.67. The Morgan fingerprint density at radius 1 is 1.15 bits per heavy atom. The van der Waals surface area contributed by atoms with E-state index in [2.05, 4.69) is 39.7 Å². The van der Waals surface area contributed by atoms with Gasteiger partial charge in [-0.15, -0.1) is 0 Å². The second-order valence-electron chi connectivity index (χ2n) is 6.74. The first-order valence-corrected chi connectivity index (χ1v) is 8.98. The Morgan fingerprint density at radius 2 is 2.00 bits per heavy atom. The zero-order valence-corrected chi connectivity index (χ0v) is 15.1. The monoisotopic (exact) mass is 349 g/mol. The molecule has 0 bridgehead atoms. The van der Waals surface area contributed by atoms with Gasteiger partial charge in [-0.25, -0.2) is 9.67 Å². The molecule has 2 atom stereocenters. The molecule has 0 spiro atoms. The number of rotatable bonds is 4. The maximum atomic E-state index is 5.95. The quantitative estimate of drug-likeness (QED) is 0.779. The molecule has 2 aromatic heterocycles. The molecule has 1 aliphatic heterocycles. The molecule has 1 N–H and O–H groups in total. The van der Waals surface area contributed by atoms with Gasteiger partial charge in [0.25, 0.3) is 0 Å². The molecule has 6 nitrogen and oxygen atoms in total. The molecule has 3 heterocycles. The summed E-state index contributed by atoms with van der Waals surface area (Å²) in [6, 6.07) is 12.7. The third-order valence-corrected chi connectivity index (χ3v) is 4.66. The van der Waals surface area contributed by atoms with E-state index >= 15 is 0 Å². The lowest BCUT2D eigenvalue weighted by Gasteiger charge is -2.30. The van der Waals surface area contributed by atoms with Crippen LogP contribution in [-0.4, -0.2) is 32.4 Å². The van der Waals surface area contributed by atoms with Crippen molar-refractivity contribution in [3.8, 4) is 5.82 Å². The van der Waals surface area contributed by atoms with E-state index in [1.807, 2.05) is 30.7 Å². The lowest BCUT2D eigenvalue weighted by molar-refractivity contribution is 0.00974. The largest absolute Gasteiger partial charge is 0.373 e. The minimum absolute atomic E-state index is 0.120. The molecule has 0 radical (unpaired) electrons. The molecule has 0 saturated carbocycles. The molecular formula is C20H23N5O. The van der Waals surface area contributed by atoms with Crippen molar-refractivity contribution >= 4 is 5.82 Å². The van der Waals surface area contributed by atoms with E-state index in [0.717, 1.165) is 42.5 Å². The second-order valence-corrected chi connectivity index (χ2v) is 6.74. The Labute approximate surface area is 153 Å². The molecule has 3 aromatic rings. The topological polar surface area (TPSA) is 64.9 Å². The Balaban J connectivity index is 1.49. The van der Waals surface area contributed by atoms with Gasteiger partial charge >= 0.3 is 0 Å². The fourth-order valence-electron chi connectivity index (χ4n) is 3.43. The molecule has 26 heavy (non-hydrogen) atoms. The van der Waals surface area contributed by atoms with E-state index in [0.29, 0.717) is 6.04 Å².